The molecule has 3 aromatic rings. The molecule has 0 fully saturated rings. The normalized spacial score (nSPS) is 10.9. The van der Waals surface area contributed by atoms with Crippen LogP contribution in [0.3, 0.4) is 0 Å². The first-order valence-electron chi connectivity index (χ1n) is 7.02. The molecule has 1 N–H and O–H groups in total. The zero-order valence-electron chi connectivity index (χ0n) is 12.2. The van der Waals surface area contributed by atoms with Gasteiger partial charge in [-0.05, 0) is 24.6 Å². The average molecular weight is 314 g/mol. The first-order valence-corrected chi connectivity index (χ1v) is 7.40. The van der Waals surface area contributed by atoms with Crippen molar-refractivity contribution in [2.24, 2.45) is 0 Å². The number of aliphatic hydroxyl groups is 1. The molecule has 2 aromatic carbocycles. The molecule has 0 amide bonds. The summed E-state index contributed by atoms with van der Waals surface area (Å²) in [6.45, 7) is 2.49. The largest absolute Gasteiger partial charge is 0.390 e. The number of aliphatic hydroxyl groups excluding tert-OH is 1. The van der Waals surface area contributed by atoms with Crippen LogP contribution in [0.4, 0.5) is 0 Å². The summed E-state index contributed by atoms with van der Waals surface area (Å²) in [4.78, 5) is 0. The number of aromatic nitrogens is 3. The summed E-state index contributed by atoms with van der Waals surface area (Å²) < 4.78 is 1.79. The molecule has 0 radical (unpaired) electrons. The first-order chi connectivity index (χ1) is 10.7. The number of rotatable bonds is 4. The molecule has 3 rings (SSSR count). The fourth-order valence-electron chi connectivity index (χ4n) is 2.38. The third-order valence-electron chi connectivity index (χ3n) is 3.51. The van der Waals surface area contributed by atoms with Crippen LogP contribution >= 0.6 is 11.6 Å². The van der Waals surface area contributed by atoms with Gasteiger partial charge in [0.15, 0.2) is 0 Å². The Labute approximate surface area is 134 Å². The van der Waals surface area contributed by atoms with Gasteiger partial charge < -0.3 is 5.11 Å². The number of halogens is 1. The molecule has 0 bridgehead atoms. The van der Waals surface area contributed by atoms with E-state index in [9.17, 15) is 5.11 Å². The highest BCUT2D eigenvalue weighted by atomic mass is 35.5. The van der Waals surface area contributed by atoms with Gasteiger partial charge in [0, 0.05) is 10.6 Å². The van der Waals surface area contributed by atoms with Crippen molar-refractivity contribution in [1.29, 1.82) is 0 Å². The van der Waals surface area contributed by atoms with Crippen molar-refractivity contribution in [2.75, 3.05) is 0 Å². The maximum Gasteiger partial charge on any atom is 0.116 e. The monoisotopic (exact) mass is 313 g/mol. The molecule has 4 nitrogen and oxygen atoms in total. The van der Waals surface area contributed by atoms with Gasteiger partial charge in [-0.15, -0.1) is 5.10 Å². The van der Waals surface area contributed by atoms with E-state index < -0.39 is 0 Å². The highest BCUT2D eigenvalue weighted by Crippen LogP contribution is 2.25. The van der Waals surface area contributed by atoms with Crippen LogP contribution in [-0.2, 0) is 13.2 Å². The van der Waals surface area contributed by atoms with Crippen LogP contribution in [0.25, 0.3) is 11.3 Å². The topological polar surface area (TPSA) is 50.9 Å². The molecule has 0 aliphatic carbocycles. The Bertz CT molecular complexity index is 781. The molecule has 0 aliphatic rings. The maximum absolute atomic E-state index is 9.52. The van der Waals surface area contributed by atoms with E-state index >= 15 is 0 Å². The number of nitrogens with zero attached hydrogens (tertiary/aromatic N) is 3. The van der Waals surface area contributed by atoms with Gasteiger partial charge in [-0.3, -0.25) is 0 Å². The van der Waals surface area contributed by atoms with Gasteiger partial charge in [-0.25, -0.2) is 4.68 Å². The minimum atomic E-state index is -0.157. The quantitative estimate of drug-likeness (QED) is 0.802. The third-order valence-corrected chi connectivity index (χ3v) is 3.74. The van der Waals surface area contributed by atoms with Crippen molar-refractivity contribution in [3.05, 3.63) is 70.4 Å². The summed E-state index contributed by atoms with van der Waals surface area (Å²) in [6.07, 6.45) is 0. The zero-order chi connectivity index (χ0) is 15.5. The number of hydrogen-bond acceptors (Lipinski definition) is 3. The van der Waals surface area contributed by atoms with E-state index in [-0.39, 0.29) is 6.61 Å². The molecule has 0 unspecified atom stereocenters. The standard InChI is InChI=1S/C17H16ClN3O/c1-12-5-7-13(8-6-12)10-21-17(16(11-22)19-20-21)14-3-2-4-15(18)9-14/h2-9,22H,10-11H2,1H3. The Kier molecular flexibility index (Phi) is 4.22. The van der Waals surface area contributed by atoms with Gasteiger partial charge in [-0.1, -0.05) is 58.8 Å². The highest BCUT2D eigenvalue weighted by Gasteiger charge is 2.14. The molecule has 0 saturated heterocycles. The van der Waals surface area contributed by atoms with E-state index in [2.05, 4.69) is 41.5 Å². The van der Waals surface area contributed by atoms with Gasteiger partial charge in [0.05, 0.1) is 18.8 Å². The minimum Gasteiger partial charge on any atom is -0.390 e. The van der Waals surface area contributed by atoms with E-state index in [1.54, 1.807) is 4.68 Å². The summed E-state index contributed by atoms with van der Waals surface area (Å²) in [5, 5.41) is 18.4. The lowest BCUT2D eigenvalue weighted by Crippen LogP contribution is -2.04. The fraction of sp³-hybridized carbons (Fsp3) is 0.176. The fourth-order valence-corrected chi connectivity index (χ4v) is 2.57. The molecule has 112 valence electrons. The van der Waals surface area contributed by atoms with E-state index in [4.69, 9.17) is 11.6 Å². The lowest BCUT2D eigenvalue weighted by molar-refractivity contribution is 0.277. The molecule has 1 aromatic heterocycles. The summed E-state index contributed by atoms with van der Waals surface area (Å²) >= 11 is 6.07. The third kappa shape index (κ3) is 3.03. The Balaban J connectivity index is 2.02. The first kappa shape index (κ1) is 14.8. The average Bonchev–Trinajstić information content (AvgIpc) is 2.92. The second-order valence-corrected chi connectivity index (χ2v) is 5.63. The van der Waals surface area contributed by atoms with Crippen LogP contribution in [0.2, 0.25) is 5.02 Å². The van der Waals surface area contributed by atoms with Crippen molar-refractivity contribution in [3.63, 3.8) is 0 Å². The van der Waals surface area contributed by atoms with Crippen LogP contribution in [-0.4, -0.2) is 20.1 Å². The summed E-state index contributed by atoms with van der Waals surface area (Å²) in [7, 11) is 0. The lowest BCUT2D eigenvalue weighted by atomic mass is 10.1. The summed E-state index contributed by atoms with van der Waals surface area (Å²) in [5.74, 6) is 0. The van der Waals surface area contributed by atoms with Gasteiger partial charge in [0.2, 0.25) is 0 Å². The summed E-state index contributed by atoms with van der Waals surface area (Å²) in [6, 6.07) is 15.8. The lowest BCUT2D eigenvalue weighted by Gasteiger charge is -2.09. The van der Waals surface area contributed by atoms with Gasteiger partial charge in [-0.2, -0.15) is 0 Å². The smallest absolute Gasteiger partial charge is 0.116 e. The molecule has 0 spiro atoms. The molecule has 0 atom stereocenters. The van der Waals surface area contributed by atoms with Crippen molar-refractivity contribution in [3.8, 4) is 11.3 Å². The number of benzene rings is 2. The van der Waals surface area contributed by atoms with Crippen LogP contribution in [0, 0.1) is 6.92 Å². The van der Waals surface area contributed by atoms with Crippen molar-refractivity contribution >= 4 is 11.6 Å². The Hall–Kier alpha value is -2.17. The highest BCUT2D eigenvalue weighted by molar-refractivity contribution is 6.30. The van der Waals surface area contributed by atoms with E-state index in [0.717, 1.165) is 16.8 Å². The molecular weight excluding hydrogens is 298 g/mol. The van der Waals surface area contributed by atoms with E-state index in [1.165, 1.54) is 5.56 Å². The van der Waals surface area contributed by atoms with Crippen LogP contribution in [0.5, 0.6) is 0 Å². The predicted octanol–water partition coefficient (Wildman–Crippen LogP) is 3.45. The second-order valence-electron chi connectivity index (χ2n) is 5.20. The Morgan fingerprint density at radius 2 is 1.91 bits per heavy atom. The molecule has 1 heterocycles. The SMILES string of the molecule is Cc1ccc(Cn2nnc(CO)c2-c2cccc(Cl)c2)cc1. The number of aryl methyl sites for hydroxylation is 1. The maximum atomic E-state index is 9.52. The van der Waals surface area contributed by atoms with Crippen molar-refractivity contribution in [2.45, 2.75) is 20.1 Å². The minimum absolute atomic E-state index is 0.157. The Morgan fingerprint density at radius 1 is 1.14 bits per heavy atom. The number of hydrogen-bond donors (Lipinski definition) is 1. The second kappa shape index (κ2) is 6.30. The van der Waals surface area contributed by atoms with Crippen LogP contribution in [0.15, 0.2) is 48.5 Å². The van der Waals surface area contributed by atoms with E-state index in [1.807, 2.05) is 24.3 Å². The van der Waals surface area contributed by atoms with Gasteiger partial charge >= 0.3 is 0 Å². The van der Waals surface area contributed by atoms with Gasteiger partial charge in [0.1, 0.15) is 5.69 Å². The van der Waals surface area contributed by atoms with Gasteiger partial charge in [0.25, 0.3) is 0 Å². The summed E-state index contributed by atoms with van der Waals surface area (Å²) in [5.41, 5.74) is 4.59. The zero-order valence-corrected chi connectivity index (χ0v) is 13.0. The van der Waals surface area contributed by atoms with E-state index in [0.29, 0.717) is 17.3 Å². The molecule has 0 aliphatic heterocycles. The molecule has 22 heavy (non-hydrogen) atoms. The van der Waals surface area contributed by atoms with Crippen molar-refractivity contribution in [1.82, 2.24) is 15.0 Å². The molecule has 5 heteroatoms. The molecular formula is C17H16ClN3O. The van der Waals surface area contributed by atoms with Crippen LogP contribution in [0.1, 0.15) is 16.8 Å². The van der Waals surface area contributed by atoms with Crippen molar-refractivity contribution < 1.29 is 5.11 Å². The molecule has 0 saturated carbocycles. The Morgan fingerprint density at radius 3 is 2.59 bits per heavy atom. The predicted molar refractivity (Wildman–Crippen MR) is 86.7 cm³/mol. The van der Waals surface area contributed by atoms with Crippen LogP contribution < -0.4 is 0 Å².